The summed E-state index contributed by atoms with van der Waals surface area (Å²) in [4.78, 5) is 61.4. The van der Waals surface area contributed by atoms with Crippen molar-refractivity contribution in [1.29, 1.82) is 0 Å². The molecule has 12 heteroatoms. The number of nitrogens with zero attached hydrogens (tertiary/aromatic N) is 4. The van der Waals surface area contributed by atoms with Gasteiger partial charge in [-0.15, -0.1) is 0 Å². The lowest BCUT2D eigenvalue weighted by atomic mass is 9.92. The first kappa shape index (κ1) is 33.3. The summed E-state index contributed by atoms with van der Waals surface area (Å²) in [5.74, 6) is -1.00. The van der Waals surface area contributed by atoms with Crippen molar-refractivity contribution in [3.63, 3.8) is 0 Å². The highest BCUT2D eigenvalue weighted by Crippen LogP contribution is 2.37. The highest BCUT2D eigenvalue weighted by atomic mass is 16.2. The number of carbonyl (C=O) groups excluding carboxylic acids is 4. The largest absolute Gasteiger partial charge is 0.368 e. The highest BCUT2D eigenvalue weighted by molar-refractivity contribution is 6.28. The van der Waals surface area contributed by atoms with Crippen LogP contribution < -0.4 is 31.1 Å². The van der Waals surface area contributed by atoms with Gasteiger partial charge in [-0.2, -0.15) is 0 Å². The first-order chi connectivity index (χ1) is 25.0. The Hall–Kier alpha value is -4.88. The quantitative estimate of drug-likeness (QED) is 0.130. The molecule has 4 aromatic carbocycles. The smallest absolute Gasteiger partial charge is 0.261 e. The van der Waals surface area contributed by atoms with Crippen LogP contribution in [0.15, 0.2) is 60.7 Å². The summed E-state index contributed by atoms with van der Waals surface area (Å²) < 4.78 is 0. The molecule has 8 rings (SSSR count). The maximum absolute atomic E-state index is 13.5. The molecule has 2 saturated heterocycles. The van der Waals surface area contributed by atoms with E-state index >= 15 is 0 Å². The predicted molar refractivity (Wildman–Crippen MR) is 199 cm³/mol. The van der Waals surface area contributed by atoms with Gasteiger partial charge < -0.3 is 31.1 Å². The third kappa shape index (κ3) is 6.12. The SMILES string of the molecule is O=C1c2cccc3c(N4CCNCC4)ccc(c23)C(=O)N1CCNCCCNCCN1C(=O)c2cccc3c(N4CCNCC4)ccc(c23)C1=O. The first-order valence-corrected chi connectivity index (χ1v) is 18.2. The molecule has 4 aromatic rings. The highest BCUT2D eigenvalue weighted by Gasteiger charge is 2.35. The molecule has 0 saturated carbocycles. The lowest BCUT2D eigenvalue weighted by Gasteiger charge is -2.33. The van der Waals surface area contributed by atoms with Gasteiger partial charge in [-0.1, -0.05) is 24.3 Å². The normalized spacial score (nSPS) is 17.7. The lowest BCUT2D eigenvalue weighted by Crippen LogP contribution is -2.45. The van der Waals surface area contributed by atoms with Crippen LogP contribution in [0.2, 0.25) is 0 Å². The van der Waals surface area contributed by atoms with Gasteiger partial charge in [-0.3, -0.25) is 29.0 Å². The molecule has 4 aliphatic rings. The Morgan fingerprint density at radius 2 is 0.882 bits per heavy atom. The van der Waals surface area contributed by atoms with E-state index in [4.69, 9.17) is 0 Å². The Kier molecular flexibility index (Phi) is 9.39. The fourth-order valence-corrected chi connectivity index (χ4v) is 8.00. The van der Waals surface area contributed by atoms with Crippen molar-refractivity contribution >= 4 is 56.5 Å². The van der Waals surface area contributed by atoms with E-state index in [0.717, 1.165) is 91.7 Å². The third-order valence-corrected chi connectivity index (χ3v) is 10.6. The molecule has 0 atom stereocenters. The van der Waals surface area contributed by atoms with Gasteiger partial charge in [0.1, 0.15) is 0 Å². The molecule has 0 radical (unpaired) electrons. The van der Waals surface area contributed by atoms with Gasteiger partial charge in [0, 0.05) is 134 Å². The van der Waals surface area contributed by atoms with Crippen molar-refractivity contribution in [3.05, 3.63) is 82.9 Å². The van der Waals surface area contributed by atoms with E-state index < -0.39 is 0 Å². The molecule has 51 heavy (non-hydrogen) atoms. The van der Waals surface area contributed by atoms with Crippen LogP contribution in [0, 0.1) is 0 Å². The van der Waals surface area contributed by atoms with Crippen molar-refractivity contribution in [1.82, 2.24) is 31.1 Å². The monoisotopic (exact) mass is 688 g/mol. The van der Waals surface area contributed by atoms with E-state index in [2.05, 4.69) is 31.1 Å². The van der Waals surface area contributed by atoms with Crippen LogP contribution in [0.3, 0.4) is 0 Å². The van der Waals surface area contributed by atoms with Crippen molar-refractivity contribution < 1.29 is 19.2 Å². The summed E-state index contributed by atoms with van der Waals surface area (Å²) >= 11 is 0. The summed E-state index contributed by atoms with van der Waals surface area (Å²) in [7, 11) is 0. The van der Waals surface area contributed by atoms with Gasteiger partial charge in [0.25, 0.3) is 23.6 Å². The Balaban J connectivity index is 0.805. The maximum atomic E-state index is 13.5. The first-order valence-electron chi connectivity index (χ1n) is 18.2. The molecule has 2 fully saturated rings. The van der Waals surface area contributed by atoms with Crippen LogP contribution in [0.5, 0.6) is 0 Å². The number of carbonyl (C=O) groups is 4. The van der Waals surface area contributed by atoms with Crippen LogP contribution in [-0.4, -0.2) is 125 Å². The Morgan fingerprint density at radius 1 is 0.490 bits per heavy atom. The fourth-order valence-electron chi connectivity index (χ4n) is 8.00. The van der Waals surface area contributed by atoms with Gasteiger partial charge in [0.05, 0.1) is 0 Å². The number of piperazine rings is 2. The van der Waals surface area contributed by atoms with Crippen molar-refractivity contribution in [2.45, 2.75) is 6.42 Å². The molecule has 0 bridgehead atoms. The molecule has 264 valence electrons. The van der Waals surface area contributed by atoms with Gasteiger partial charge >= 0.3 is 0 Å². The maximum Gasteiger partial charge on any atom is 0.261 e. The zero-order valence-electron chi connectivity index (χ0n) is 28.8. The Bertz CT molecular complexity index is 1830. The number of benzene rings is 4. The van der Waals surface area contributed by atoms with E-state index in [1.165, 1.54) is 9.80 Å². The molecule has 0 unspecified atom stereocenters. The number of nitrogens with one attached hydrogen (secondary N) is 4. The zero-order valence-corrected chi connectivity index (χ0v) is 28.8. The summed E-state index contributed by atoms with van der Waals surface area (Å²) in [6.07, 6.45) is 0.803. The van der Waals surface area contributed by atoms with Gasteiger partial charge in [0.15, 0.2) is 0 Å². The summed E-state index contributed by atoms with van der Waals surface area (Å²) in [5, 5.41) is 16.9. The van der Waals surface area contributed by atoms with Gasteiger partial charge in [0.2, 0.25) is 0 Å². The molecule has 4 heterocycles. The average Bonchev–Trinajstić information content (AvgIpc) is 3.17. The zero-order chi connectivity index (χ0) is 34.9. The summed E-state index contributed by atoms with van der Waals surface area (Å²) in [5.41, 5.74) is 4.45. The van der Waals surface area contributed by atoms with E-state index in [1.54, 1.807) is 0 Å². The predicted octanol–water partition coefficient (Wildman–Crippen LogP) is 2.27. The van der Waals surface area contributed by atoms with Crippen LogP contribution in [0.25, 0.3) is 21.5 Å². The van der Waals surface area contributed by atoms with Crippen molar-refractivity contribution in [2.75, 3.05) is 101 Å². The lowest BCUT2D eigenvalue weighted by molar-refractivity contribution is 0.0597. The minimum atomic E-state index is -0.250. The standard InChI is InChI=1S/C39H44N8O4/c48-36-28-6-1-4-26-32(44-20-14-42-15-21-44)10-8-30(34(26)28)38(50)46(36)24-18-40-12-3-13-41-19-25-47-37(49)29-7-2-5-27-33(45-22-16-43-17-23-45)11-9-31(35(27)29)39(47)51/h1-2,4-11,40-43H,3,12-25H2. The minimum absolute atomic E-state index is 0.250. The van der Waals surface area contributed by atoms with E-state index in [1.807, 2.05) is 60.7 Å². The summed E-state index contributed by atoms with van der Waals surface area (Å²) in [6.45, 7) is 10.1. The molecule has 0 aromatic heterocycles. The summed E-state index contributed by atoms with van der Waals surface area (Å²) in [6, 6.07) is 19.3. The van der Waals surface area contributed by atoms with Crippen LogP contribution in [-0.2, 0) is 0 Å². The number of imide groups is 2. The minimum Gasteiger partial charge on any atom is -0.368 e. The fraction of sp³-hybridized carbons (Fsp3) is 0.385. The van der Waals surface area contributed by atoms with Crippen LogP contribution in [0.1, 0.15) is 47.9 Å². The third-order valence-electron chi connectivity index (χ3n) is 10.6. The van der Waals surface area contributed by atoms with Crippen LogP contribution in [0.4, 0.5) is 11.4 Å². The molecule has 4 amide bonds. The molecule has 0 spiro atoms. The van der Waals surface area contributed by atoms with E-state index in [-0.39, 0.29) is 36.7 Å². The molecule has 0 aliphatic carbocycles. The average molecular weight is 689 g/mol. The molecule has 12 nitrogen and oxygen atoms in total. The second kappa shape index (κ2) is 14.4. The number of hydrogen-bond donors (Lipinski definition) is 4. The van der Waals surface area contributed by atoms with Gasteiger partial charge in [-0.25, -0.2) is 0 Å². The van der Waals surface area contributed by atoms with Gasteiger partial charge in [-0.05, 0) is 55.9 Å². The second-order valence-corrected chi connectivity index (χ2v) is 13.6. The Labute approximate surface area is 297 Å². The molecular weight excluding hydrogens is 644 g/mol. The topological polar surface area (TPSA) is 129 Å². The number of rotatable bonds is 12. The molecule has 4 N–H and O–H groups in total. The van der Waals surface area contributed by atoms with Crippen molar-refractivity contribution in [3.8, 4) is 0 Å². The second-order valence-electron chi connectivity index (χ2n) is 13.6. The molecular formula is C39H44N8O4. The van der Waals surface area contributed by atoms with Crippen molar-refractivity contribution in [2.24, 2.45) is 0 Å². The Morgan fingerprint density at radius 3 is 1.29 bits per heavy atom. The molecule has 4 aliphatic heterocycles. The van der Waals surface area contributed by atoms with E-state index in [0.29, 0.717) is 48.4 Å². The number of hydrogen-bond acceptors (Lipinski definition) is 10. The number of amides is 4. The number of anilines is 2. The van der Waals surface area contributed by atoms with E-state index in [9.17, 15) is 19.2 Å². The van der Waals surface area contributed by atoms with Crippen LogP contribution >= 0.6 is 0 Å².